The van der Waals surface area contributed by atoms with Crippen LogP contribution >= 0.6 is 0 Å². The van der Waals surface area contributed by atoms with Gasteiger partial charge in [-0.05, 0) is 12.1 Å². The van der Waals surface area contributed by atoms with E-state index in [2.05, 4.69) is 0 Å². The fourth-order valence-electron chi connectivity index (χ4n) is 0.529. The fourth-order valence-corrected chi connectivity index (χ4v) is 0.529. The molecule has 8 heavy (non-hydrogen) atoms. The van der Waals surface area contributed by atoms with Crippen LogP contribution in [-0.2, 0) is 6.42 Å². The zero-order chi connectivity index (χ0) is 5.82. The average Bonchev–Trinajstić information content (AvgIpc) is 2.19. The molecule has 1 aromatic heterocycles. The number of hydrogen-bond donors (Lipinski definition) is 1. The van der Waals surface area contributed by atoms with E-state index >= 15 is 0 Å². The zero-order valence-electron chi connectivity index (χ0n) is 4.42. The number of hydrogen-bond acceptors (Lipinski definition) is 2. The van der Waals surface area contributed by atoms with Gasteiger partial charge in [0.05, 0.1) is 6.26 Å². The minimum Gasteiger partial charge on any atom is -0.469 e. The van der Waals surface area contributed by atoms with Crippen LogP contribution in [0.1, 0.15) is 5.76 Å². The van der Waals surface area contributed by atoms with E-state index in [1.807, 2.05) is 12.1 Å². The Morgan fingerprint density at radius 3 is 3.12 bits per heavy atom. The molecule has 0 fully saturated rings. The molecular formula is C6H7NO. The standard InChI is InChI=1S/C6H7NO/c7-4-3-6-2-1-5-8-6/h1-2,4-5,7H,3H2. The summed E-state index contributed by atoms with van der Waals surface area (Å²) in [4.78, 5) is 0. The highest BCUT2D eigenvalue weighted by molar-refractivity contribution is 5.56. The molecule has 0 bridgehead atoms. The van der Waals surface area contributed by atoms with Crippen LogP contribution in [0.3, 0.4) is 0 Å². The number of furan rings is 1. The highest BCUT2D eigenvalue weighted by Crippen LogP contribution is 1.97. The van der Waals surface area contributed by atoms with Gasteiger partial charge in [0.2, 0.25) is 0 Å². The van der Waals surface area contributed by atoms with Crippen molar-refractivity contribution in [2.75, 3.05) is 0 Å². The Balaban J connectivity index is 2.62. The van der Waals surface area contributed by atoms with Gasteiger partial charge in [0.25, 0.3) is 0 Å². The first-order valence-corrected chi connectivity index (χ1v) is 2.45. The summed E-state index contributed by atoms with van der Waals surface area (Å²) in [6, 6.07) is 3.67. The van der Waals surface area contributed by atoms with E-state index in [4.69, 9.17) is 9.83 Å². The van der Waals surface area contributed by atoms with Crippen molar-refractivity contribution in [1.82, 2.24) is 0 Å². The van der Waals surface area contributed by atoms with Gasteiger partial charge >= 0.3 is 0 Å². The lowest BCUT2D eigenvalue weighted by Gasteiger charge is -1.80. The third-order valence-corrected chi connectivity index (χ3v) is 0.883. The van der Waals surface area contributed by atoms with Gasteiger partial charge < -0.3 is 9.83 Å². The summed E-state index contributed by atoms with van der Waals surface area (Å²) >= 11 is 0. The van der Waals surface area contributed by atoms with Crippen molar-refractivity contribution in [3.05, 3.63) is 24.2 Å². The van der Waals surface area contributed by atoms with Gasteiger partial charge in [-0.1, -0.05) is 0 Å². The average molecular weight is 109 g/mol. The Morgan fingerprint density at radius 1 is 1.75 bits per heavy atom. The summed E-state index contributed by atoms with van der Waals surface area (Å²) in [5, 5.41) is 6.69. The molecule has 2 nitrogen and oxygen atoms in total. The van der Waals surface area contributed by atoms with Gasteiger partial charge in [0, 0.05) is 12.6 Å². The van der Waals surface area contributed by atoms with Crippen molar-refractivity contribution < 1.29 is 4.42 Å². The SMILES string of the molecule is N=CCc1ccco1. The number of rotatable bonds is 2. The largest absolute Gasteiger partial charge is 0.469 e. The van der Waals surface area contributed by atoms with Crippen molar-refractivity contribution in [2.45, 2.75) is 6.42 Å². The van der Waals surface area contributed by atoms with Gasteiger partial charge in [0.15, 0.2) is 0 Å². The lowest BCUT2D eigenvalue weighted by atomic mass is 10.4. The summed E-state index contributed by atoms with van der Waals surface area (Å²) in [6.07, 6.45) is 3.53. The molecule has 0 aliphatic carbocycles. The molecule has 0 radical (unpaired) electrons. The van der Waals surface area contributed by atoms with Crippen molar-refractivity contribution in [1.29, 1.82) is 5.41 Å². The van der Waals surface area contributed by atoms with Gasteiger partial charge in [-0.15, -0.1) is 0 Å². The summed E-state index contributed by atoms with van der Waals surface area (Å²) in [5.74, 6) is 0.847. The number of nitrogens with one attached hydrogen (secondary N) is 1. The molecule has 1 N–H and O–H groups in total. The highest BCUT2D eigenvalue weighted by Gasteiger charge is 1.87. The molecule has 2 heteroatoms. The quantitative estimate of drug-likeness (QED) is 0.573. The van der Waals surface area contributed by atoms with E-state index in [-0.39, 0.29) is 0 Å². The molecule has 0 amide bonds. The molecule has 42 valence electrons. The first-order chi connectivity index (χ1) is 3.93. The maximum atomic E-state index is 6.69. The normalized spacial score (nSPS) is 9.00. The van der Waals surface area contributed by atoms with Crippen molar-refractivity contribution in [3.63, 3.8) is 0 Å². The summed E-state index contributed by atoms with van der Waals surface area (Å²) in [6.45, 7) is 0. The van der Waals surface area contributed by atoms with E-state index in [1.165, 1.54) is 6.21 Å². The van der Waals surface area contributed by atoms with Crippen LogP contribution in [0.15, 0.2) is 22.8 Å². The molecule has 1 rings (SSSR count). The first kappa shape index (κ1) is 5.09. The molecule has 0 aromatic carbocycles. The molecule has 1 aromatic rings. The van der Waals surface area contributed by atoms with Crippen molar-refractivity contribution in [3.8, 4) is 0 Å². The predicted molar refractivity (Wildman–Crippen MR) is 31.2 cm³/mol. The first-order valence-electron chi connectivity index (χ1n) is 2.45. The highest BCUT2D eigenvalue weighted by atomic mass is 16.3. The van der Waals surface area contributed by atoms with Crippen LogP contribution in [-0.4, -0.2) is 6.21 Å². The Hall–Kier alpha value is -1.05. The Bertz CT molecular complexity index is 155. The van der Waals surface area contributed by atoms with Crippen LogP contribution in [0.4, 0.5) is 0 Å². The van der Waals surface area contributed by atoms with E-state index in [0.29, 0.717) is 6.42 Å². The van der Waals surface area contributed by atoms with Gasteiger partial charge in [-0.25, -0.2) is 0 Å². The lowest BCUT2D eigenvalue weighted by Crippen LogP contribution is -1.77. The topological polar surface area (TPSA) is 37.0 Å². The van der Waals surface area contributed by atoms with Gasteiger partial charge in [0.1, 0.15) is 5.76 Å². The minimum absolute atomic E-state index is 0.604. The Labute approximate surface area is 47.6 Å². The second-order valence-electron chi connectivity index (χ2n) is 1.49. The van der Waals surface area contributed by atoms with E-state index in [1.54, 1.807) is 6.26 Å². The van der Waals surface area contributed by atoms with Crippen LogP contribution in [0.2, 0.25) is 0 Å². The van der Waals surface area contributed by atoms with Crippen LogP contribution < -0.4 is 0 Å². The molecule has 0 saturated carbocycles. The van der Waals surface area contributed by atoms with Crippen LogP contribution in [0.25, 0.3) is 0 Å². The third-order valence-electron chi connectivity index (χ3n) is 0.883. The second kappa shape index (κ2) is 2.31. The van der Waals surface area contributed by atoms with Crippen molar-refractivity contribution >= 4 is 6.21 Å². The maximum Gasteiger partial charge on any atom is 0.109 e. The monoisotopic (exact) mass is 109 g/mol. The molecule has 1 heterocycles. The Kier molecular flexibility index (Phi) is 1.47. The summed E-state index contributed by atoms with van der Waals surface area (Å²) in [5.41, 5.74) is 0. The predicted octanol–water partition coefficient (Wildman–Crippen LogP) is 1.47. The maximum absolute atomic E-state index is 6.69. The molecule has 0 atom stereocenters. The van der Waals surface area contributed by atoms with E-state index < -0.39 is 0 Å². The summed E-state index contributed by atoms with van der Waals surface area (Å²) < 4.78 is 4.92. The molecule has 0 saturated heterocycles. The Morgan fingerprint density at radius 2 is 2.62 bits per heavy atom. The third kappa shape index (κ3) is 0.964. The zero-order valence-corrected chi connectivity index (χ0v) is 4.42. The molecular weight excluding hydrogens is 102 g/mol. The molecule has 0 aliphatic rings. The van der Waals surface area contributed by atoms with Gasteiger partial charge in [-0.3, -0.25) is 0 Å². The van der Waals surface area contributed by atoms with Gasteiger partial charge in [-0.2, -0.15) is 0 Å². The van der Waals surface area contributed by atoms with Crippen LogP contribution in [0.5, 0.6) is 0 Å². The molecule has 0 unspecified atom stereocenters. The smallest absolute Gasteiger partial charge is 0.109 e. The minimum atomic E-state index is 0.604. The molecule has 0 spiro atoms. The second-order valence-corrected chi connectivity index (χ2v) is 1.49. The van der Waals surface area contributed by atoms with E-state index in [0.717, 1.165) is 5.76 Å². The summed E-state index contributed by atoms with van der Waals surface area (Å²) in [7, 11) is 0. The lowest BCUT2D eigenvalue weighted by molar-refractivity contribution is 0.527. The van der Waals surface area contributed by atoms with Crippen LogP contribution in [0, 0.1) is 5.41 Å². The van der Waals surface area contributed by atoms with E-state index in [9.17, 15) is 0 Å². The van der Waals surface area contributed by atoms with Crippen molar-refractivity contribution in [2.24, 2.45) is 0 Å². The molecule has 0 aliphatic heterocycles. The fraction of sp³-hybridized carbons (Fsp3) is 0.167.